The number of amides is 1. The van der Waals surface area contributed by atoms with Crippen LogP contribution in [-0.4, -0.2) is 41.2 Å². The van der Waals surface area contributed by atoms with Crippen molar-refractivity contribution >= 4 is 22.5 Å². The second-order valence-corrected chi connectivity index (χ2v) is 8.26. The maximum Gasteiger partial charge on any atom is 0.418 e. The van der Waals surface area contributed by atoms with Gasteiger partial charge < -0.3 is 15.3 Å². The van der Waals surface area contributed by atoms with Gasteiger partial charge in [-0.25, -0.2) is 0 Å². The molecule has 0 spiro atoms. The summed E-state index contributed by atoms with van der Waals surface area (Å²) in [5.41, 5.74) is -0.144. The molecule has 8 heteroatoms. The van der Waals surface area contributed by atoms with Gasteiger partial charge in [-0.3, -0.25) is 9.78 Å². The van der Waals surface area contributed by atoms with Gasteiger partial charge in [-0.2, -0.15) is 13.2 Å². The maximum atomic E-state index is 13.4. The molecule has 2 N–H and O–H groups in total. The lowest BCUT2D eigenvalue weighted by Gasteiger charge is -2.39. The Morgan fingerprint density at radius 1 is 1.28 bits per heavy atom. The molecular weight excluding hydrogens is 383 g/mol. The normalized spacial score (nSPS) is 23.8. The Hall–Kier alpha value is -2.35. The first-order valence-electron chi connectivity index (χ1n) is 9.92. The molecule has 2 aromatic rings. The van der Waals surface area contributed by atoms with E-state index in [-0.39, 0.29) is 29.3 Å². The van der Waals surface area contributed by atoms with E-state index in [1.807, 2.05) is 11.8 Å². The zero-order valence-electron chi connectivity index (χ0n) is 16.1. The van der Waals surface area contributed by atoms with Gasteiger partial charge >= 0.3 is 6.18 Å². The zero-order chi connectivity index (χ0) is 20.8. The fourth-order valence-corrected chi connectivity index (χ4v) is 4.23. The molecule has 0 bridgehead atoms. The molecule has 29 heavy (non-hydrogen) atoms. The Kier molecular flexibility index (Phi) is 5.14. The van der Waals surface area contributed by atoms with Gasteiger partial charge in [0.2, 0.25) is 5.91 Å². The number of alkyl halides is 3. The van der Waals surface area contributed by atoms with Crippen LogP contribution in [0, 0.1) is 11.8 Å². The first-order chi connectivity index (χ1) is 13.7. The topological polar surface area (TPSA) is 65.5 Å². The van der Waals surface area contributed by atoms with E-state index < -0.39 is 17.8 Å². The van der Waals surface area contributed by atoms with Crippen LogP contribution in [0.4, 0.5) is 18.9 Å². The summed E-state index contributed by atoms with van der Waals surface area (Å²) < 4.78 is 40.1. The van der Waals surface area contributed by atoms with Gasteiger partial charge in [0.15, 0.2) is 0 Å². The van der Waals surface area contributed by atoms with Crippen molar-refractivity contribution in [2.45, 2.75) is 44.5 Å². The van der Waals surface area contributed by atoms with E-state index in [0.717, 1.165) is 25.3 Å². The summed E-state index contributed by atoms with van der Waals surface area (Å²) in [6.45, 7) is 3.20. The highest BCUT2D eigenvalue weighted by Gasteiger charge is 2.37. The summed E-state index contributed by atoms with van der Waals surface area (Å²) >= 11 is 0. The van der Waals surface area contributed by atoms with Gasteiger partial charge in [-0.15, -0.1) is 0 Å². The van der Waals surface area contributed by atoms with Crippen molar-refractivity contribution in [2.24, 2.45) is 11.8 Å². The molecule has 0 unspecified atom stereocenters. The van der Waals surface area contributed by atoms with Gasteiger partial charge in [0.05, 0.1) is 11.1 Å². The molecule has 2 fully saturated rings. The van der Waals surface area contributed by atoms with Crippen LogP contribution in [0.25, 0.3) is 10.9 Å². The lowest BCUT2D eigenvalue weighted by atomic mass is 9.94. The average molecular weight is 407 g/mol. The van der Waals surface area contributed by atoms with Gasteiger partial charge in [0, 0.05) is 36.4 Å². The van der Waals surface area contributed by atoms with Crippen LogP contribution in [0.2, 0.25) is 0 Å². The first-order valence-corrected chi connectivity index (χ1v) is 9.92. The van der Waals surface area contributed by atoms with Crippen molar-refractivity contribution in [3.63, 3.8) is 0 Å². The van der Waals surface area contributed by atoms with Crippen LogP contribution in [0.1, 0.15) is 31.7 Å². The van der Waals surface area contributed by atoms with Crippen LogP contribution < -0.4 is 10.2 Å². The molecule has 0 radical (unpaired) electrons. The molecule has 2 heterocycles. The number of anilines is 1. The number of aliphatic hydroxyl groups is 1. The largest absolute Gasteiger partial charge is 0.418 e. The second kappa shape index (κ2) is 7.48. The highest BCUT2D eigenvalue weighted by Crippen LogP contribution is 2.38. The molecule has 4 rings (SSSR count). The highest BCUT2D eigenvalue weighted by atomic mass is 19.4. The Balaban J connectivity index is 1.60. The fraction of sp³-hybridized carbons (Fsp3) is 0.524. The van der Waals surface area contributed by atoms with E-state index in [0.29, 0.717) is 24.2 Å². The van der Waals surface area contributed by atoms with Crippen LogP contribution in [0.3, 0.4) is 0 Å². The van der Waals surface area contributed by atoms with E-state index in [2.05, 4.69) is 10.3 Å². The first kappa shape index (κ1) is 19.9. The summed E-state index contributed by atoms with van der Waals surface area (Å²) in [6, 6.07) is 5.67. The SMILES string of the molecule is C[C@H]1C[C@@H](NC(=O)[C@@H](O)C2CC2)CN(c2ccc(C(F)(F)F)c3ncccc23)C1. The van der Waals surface area contributed by atoms with Crippen molar-refractivity contribution < 1.29 is 23.1 Å². The Labute approximate surface area is 166 Å². The third kappa shape index (κ3) is 4.17. The molecule has 2 aliphatic rings. The van der Waals surface area contributed by atoms with Crippen molar-refractivity contribution in [2.75, 3.05) is 18.0 Å². The smallest absolute Gasteiger partial charge is 0.383 e. The van der Waals surface area contributed by atoms with E-state index in [1.54, 1.807) is 12.1 Å². The predicted molar refractivity (Wildman–Crippen MR) is 103 cm³/mol. The lowest BCUT2D eigenvalue weighted by Crippen LogP contribution is -2.52. The standard InChI is InChI=1S/C21H24F3N3O2/c1-12-9-14(26-20(29)19(28)13-4-5-13)11-27(10-12)17-7-6-16(21(22,23)24)18-15(17)3-2-8-25-18/h2-3,6-8,12-14,19,28H,4-5,9-11H2,1H3,(H,26,29)/t12-,14+,19-/m0/s1. The molecule has 1 amide bonds. The number of benzene rings is 1. The summed E-state index contributed by atoms with van der Waals surface area (Å²) in [5.74, 6) is -0.0660. The van der Waals surface area contributed by atoms with Gasteiger partial charge in [0.25, 0.3) is 0 Å². The number of halogens is 3. The molecular formula is C21H24F3N3O2. The molecule has 1 saturated heterocycles. The molecule has 1 aliphatic carbocycles. The van der Waals surface area contributed by atoms with Crippen molar-refractivity contribution in [3.05, 3.63) is 36.0 Å². The minimum Gasteiger partial charge on any atom is -0.383 e. The van der Waals surface area contributed by atoms with Crippen LogP contribution >= 0.6 is 0 Å². The second-order valence-electron chi connectivity index (χ2n) is 8.26. The number of nitrogens with one attached hydrogen (secondary N) is 1. The molecule has 1 aromatic carbocycles. The fourth-order valence-electron chi connectivity index (χ4n) is 4.23. The van der Waals surface area contributed by atoms with Crippen molar-refractivity contribution in [3.8, 4) is 0 Å². The number of nitrogens with zero attached hydrogens (tertiary/aromatic N) is 2. The number of hydrogen-bond acceptors (Lipinski definition) is 4. The monoisotopic (exact) mass is 407 g/mol. The molecule has 1 aromatic heterocycles. The van der Waals surface area contributed by atoms with Gasteiger partial charge in [0.1, 0.15) is 6.10 Å². The molecule has 156 valence electrons. The Morgan fingerprint density at radius 3 is 2.72 bits per heavy atom. The van der Waals surface area contributed by atoms with E-state index >= 15 is 0 Å². The number of pyridine rings is 1. The van der Waals surface area contributed by atoms with Gasteiger partial charge in [-0.1, -0.05) is 6.92 Å². The molecule has 1 aliphatic heterocycles. The van der Waals surface area contributed by atoms with Crippen molar-refractivity contribution in [1.29, 1.82) is 0 Å². The highest BCUT2D eigenvalue weighted by molar-refractivity contribution is 5.94. The number of aliphatic hydroxyl groups excluding tert-OH is 1. The number of aromatic nitrogens is 1. The molecule has 3 atom stereocenters. The van der Waals surface area contributed by atoms with Gasteiger partial charge in [-0.05, 0) is 55.4 Å². The predicted octanol–water partition coefficient (Wildman–Crippen LogP) is 3.36. The molecule has 1 saturated carbocycles. The lowest BCUT2D eigenvalue weighted by molar-refractivity contribution is -0.136. The Bertz CT molecular complexity index is 914. The third-order valence-corrected chi connectivity index (χ3v) is 5.74. The number of fused-ring (bicyclic) bond motifs is 1. The average Bonchev–Trinajstić information content (AvgIpc) is 3.50. The van der Waals surface area contributed by atoms with E-state index in [1.165, 1.54) is 12.3 Å². The van der Waals surface area contributed by atoms with Crippen LogP contribution in [0.15, 0.2) is 30.5 Å². The third-order valence-electron chi connectivity index (χ3n) is 5.74. The quantitative estimate of drug-likeness (QED) is 0.816. The zero-order valence-corrected chi connectivity index (χ0v) is 16.1. The maximum absolute atomic E-state index is 13.4. The summed E-state index contributed by atoms with van der Waals surface area (Å²) in [4.78, 5) is 18.3. The summed E-state index contributed by atoms with van der Waals surface area (Å²) in [6.07, 6.45) is -1.59. The van der Waals surface area contributed by atoms with E-state index in [9.17, 15) is 23.1 Å². The van der Waals surface area contributed by atoms with E-state index in [4.69, 9.17) is 0 Å². The Morgan fingerprint density at radius 2 is 2.03 bits per heavy atom. The molecule has 5 nitrogen and oxygen atoms in total. The van der Waals surface area contributed by atoms with Crippen LogP contribution in [0.5, 0.6) is 0 Å². The summed E-state index contributed by atoms with van der Waals surface area (Å²) in [5, 5.41) is 13.4. The summed E-state index contributed by atoms with van der Waals surface area (Å²) in [7, 11) is 0. The minimum absolute atomic E-state index is 0.0528. The van der Waals surface area contributed by atoms with Crippen molar-refractivity contribution in [1.82, 2.24) is 10.3 Å². The van der Waals surface area contributed by atoms with Crippen LogP contribution in [-0.2, 0) is 11.0 Å². The number of rotatable bonds is 4. The number of piperidine rings is 1. The minimum atomic E-state index is -4.48. The number of carbonyl (C=O) groups excluding carboxylic acids is 1. The number of carbonyl (C=O) groups is 1. The number of hydrogen-bond donors (Lipinski definition) is 2.